The van der Waals surface area contributed by atoms with Crippen LogP contribution >= 0.6 is 0 Å². The van der Waals surface area contributed by atoms with E-state index in [-0.39, 0.29) is 5.82 Å². The van der Waals surface area contributed by atoms with Crippen LogP contribution < -0.4 is 4.90 Å². The monoisotopic (exact) mass is 358 g/mol. The normalized spacial score (nSPS) is 23.5. The Morgan fingerprint density at radius 2 is 2.00 bits per heavy atom. The lowest BCUT2D eigenvalue weighted by Crippen LogP contribution is -2.57. The highest BCUT2D eigenvalue weighted by atomic mass is 19.1. The number of hydrogen-bond donors (Lipinski definition) is 0. The van der Waals surface area contributed by atoms with Crippen LogP contribution in [0.2, 0.25) is 0 Å². The molecule has 0 radical (unpaired) electrons. The zero-order chi connectivity index (χ0) is 17.9. The minimum Gasteiger partial charge on any atom is -0.468 e. The van der Waals surface area contributed by atoms with Crippen LogP contribution in [-0.2, 0) is 6.54 Å². The largest absolute Gasteiger partial charge is 0.468 e. The predicted molar refractivity (Wildman–Crippen MR) is 99.6 cm³/mol. The van der Waals surface area contributed by atoms with Gasteiger partial charge in [0.1, 0.15) is 17.4 Å². The van der Waals surface area contributed by atoms with Crippen molar-refractivity contribution < 1.29 is 8.81 Å². The Labute approximate surface area is 154 Å². The molecule has 4 rings (SSSR count). The number of anilines is 1. The van der Waals surface area contributed by atoms with Crippen LogP contribution in [0.3, 0.4) is 0 Å². The third kappa shape index (κ3) is 3.91. The van der Waals surface area contributed by atoms with Crippen molar-refractivity contribution in [2.24, 2.45) is 0 Å². The second kappa shape index (κ2) is 7.76. The molecule has 2 aromatic rings. The van der Waals surface area contributed by atoms with Crippen LogP contribution in [0, 0.1) is 5.82 Å². The molecule has 5 nitrogen and oxygen atoms in total. The summed E-state index contributed by atoms with van der Waals surface area (Å²) < 4.78 is 18.6. The van der Waals surface area contributed by atoms with Gasteiger partial charge >= 0.3 is 0 Å². The van der Waals surface area contributed by atoms with Crippen LogP contribution in [0.4, 0.5) is 10.2 Å². The molecular weight excluding hydrogens is 331 g/mol. The van der Waals surface area contributed by atoms with Crippen LogP contribution in [0.5, 0.6) is 0 Å². The van der Waals surface area contributed by atoms with Gasteiger partial charge in [-0.15, -0.1) is 0 Å². The number of piperidine rings is 1. The average Bonchev–Trinajstić information content (AvgIpc) is 3.16. The summed E-state index contributed by atoms with van der Waals surface area (Å²) >= 11 is 0. The highest BCUT2D eigenvalue weighted by Gasteiger charge is 2.31. The Morgan fingerprint density at radius 3 is 2.65 bits per heavy atom. The van der Waals surface area contributed by atoms with Gasteiger partial charge in [0.2, 0.25) is 0 Å². The predicted octanol–water partition coefficient (Wildman–Crippen LogP) is 2.99. The zero-order valence-electron chi connectivity index (χ0n) is 15.4. The molecule has 0 saturated carbocycles. The van der Waals surface area contributed by atoms with Gasteiger partial charge in [0.25, 0.3) is 0 Å². The number of nitrogens with zero attached hydrogens (tertiary/aromatic N) is 4. The van der Waals surface area contributed by atoms with Crippen molar-refractivity contribution in [3.8, 4) is 0 Å². The van der Waals surface area contributed by atoms with E-state index < -0.39 is 0 Å². The van der Waals surface area contributed by atoms with Crippen molar-refractivity contribution >= 4 is 5.82 Å². The molecule has 0 aliphatic carbocycles. The van der Waals surface area contributed by atoms with E-state index in [1.807, 2.05) is 6.07 Å². The molecule has 2 aliphatic heterocycles. The number of pyridine rings is 1. The molecule has 2 aliphatic rings. The van der Waals surface area contributed by atoms with Crippen molar-refractivity contribution in [2.45, 2.75) is 38.4 Å². The van der Waals surface area contributed by atoms with E-state index in [1.54, 1.807) is 12.3 Å². The van der Waals surface area contributed by atoms with Crippen LogP contribution in [0.25, 0.3) is 0 Å². The lowest BCUT2D eigenvalue weighted by molar-refractivity contribution is 0.0874. The van der Waals surface area contributed by atoms with E-state index in [1.165, 1.54) is 25.1 Å². The SMILES string of the molecule is CC1CN(C2CCN(Cc3ccco3)CC2)CCN1c1ccc(F)cn1. The number of furan rings is 1. The fourth-order valence-electron chi connectivity index (χ4n) is 4.26. The maximum absolute atomic E-state index is 13.1. The van der Waals surface area contributed by atoms with Crippen LogP contribution in [-0.4, -0.2) is 59.6 Å². The Balaban J connectivity index is 1.28. The van der Waals surface area contributed by atoms with Crippen molar-refractivity contribution in [3.63, 3.8) is 0 Å². The maximum atomic E-state index is 13.1. The van der Waals surface area contributed by atoms with Gasteiger partial charge in [0.15, 0.2) is 0 Å². The Kier molecular flexibility index (Phi) is 5.22. The topological polar surface area (TPSA) is 35.8 Å². The second-order valence-corrected chi connectivity index (χ2v) is 7.46. The standard InChI is InChI=1S/C20H27FN4O/c1-16-14-24(10-11-25(16)20-5-4-17(21)13-22-20)18-6-8-23(9-7-18)15-19-3-2-12-26-19/h2-5,12-13,16,18H,6-11,14-15H2,1H3. The Bertz CT molecular complexity index is 682. The number of aromatic nitrogens is 1. The minimum absolute atomic E-state index is 0.277. The molecule has 4 heterocycles. The second-order valence-electron chi connectivity index (χ2n) is 7.46. The third-order valence-electron chi connectivity index (χ3n) is 5.70. The van der Waals surface area contributed by atoms with Gasteiger partial charge in [-0.1, -0.05) is 0 Å². The first-order chi connectivity index (χ1) is 12.7. The maximum Gasteiger partial charge on any atom is 0.141 e. The molecule has 26 heavy (non-hydrogen) atoms. The summed E-state index contributed by atoms with van der Waals surface area (Å²) in [6.07, 6.45) is 5.48. The molecule has 6 heteroatoms. The molecular formula is C20H27FN4O. The quantitative estimate of drug-likeness (QED) is 0.840. The molecule has 2 aromatic heterocycles. The van der Waals surface area contributed by atoms with E-state index in [2.05, 4.69) is 32.7 Å². The lowest BCUT2D eigenvalue weighted by Gasteiger charge is -2.46. The number of likely N-dealkylation sites (tertiary alicyclic amines) is 1. The first-order valence-electron chi connectivity index (χ1n) is 9.56. The molecule has 0 N–H and O–H groups in total. The van der Waals surface area contributed by atoms with Gasteiger partial charge in [-0.05, 0) is 44.0 Å². The average molecular weight is 358 g/mol. The lowest BCUT2D eigenvalue weighted by atomic mass is 10.0. The Morgan fingerprint density at radius 1 is 1.15 bits per heavy atom. The molecule has 1 unspecified atom stereocenters. The van der Waals surface area contributed by atoms with Gasteiger partial charge in [-0.25, -0.2) is 9.37 Å². The van der Waals surface area contributed by atoms with E-state index in [0.29, 0.717) is 12.1 Å². The summed E-state index contributed by atoms with van der Waals surface area (Å²) in [6, 6.07) is 8.34. The van der Waals surface area contributed by atoms with E-state index in [4.69, 9.17) is 4.42 Å². The first kappa shape index (κ1) is 17.5. The molecule has 0 bridgehead atoms. The van der Waals surface area contributed by atoms with Gasteiger partial charge in [0.05, 0.1) is 19.0 Å². The number of piperazine rings is 1. The van der Waals surface area contributed by atoms with E-state index in [9.17, 15) is 4.39 Å². The molecule has 0 aromatic carbocycles. The van der Waals surface area contributed by atoms with Gasteiger partial charge < -0.3 is 9.32 Å². The van der Waals surface area contributed by atoms with Gasteiger partial charge in [0, 0.05) is 44.8 Å². The summed E-state index contributed by atoms with van der Waals surface area (Å²) in [5, 5.41) is 0. The summed E-state index contributed by atoms with van der Waals surface area (Å²) in [6.45, 7) is 8.45. The molecule has 0 spiro atoms. The van der Waals surface area contributed by atoms with Gasteiger partial charge in [-0.3, -0.25) is 9.80 Å². The number of halogens is 1. The van der Waals surface area contributed by atoms with E-state index >= 15 is 0 Å². The molecule has 2 fully saturated rings. The molecule has 1 atom stereocenters. The fourth-order valence-corrected chi connectivity index (χ4v) is 4.26. The summed E-state index contributed by atoms with van der Waals surface area (Å²) in [7, 11) is 0. The van der Waals surface area contributed by atoms with Crippen molar-refractivity contribution in [1.82, 2.24) is 14.8 Å². The summed E-state index contributed by atoms with van der Waals surface area (Å²) in [5.41, 5.74) is 0. The first-order valence-corrected chi connectivity index (χ1v) is 9.56. The third-order valence-corrected chi connectivity index (χ3v) is 5.70. The minimum atomic E-state index is -0.277. The molecule has 2 saturated heterocycles. The van der Waals surface area contributed by atoms with E-state index in [0.717, 1.165) is 50.8 Å². The summed E-state index contributed by atoms with van der Waals surface area (Å²) in [5.74, 6) is 1.66. The highest BCUT2D eigenvalue weighted by Crippen LogP contribution is 2.24. The number of rotatable bonds is 4. The molecule has 0 amide bonds. The van der Waals surface area contributed by atoms with Crippen molar-refractivity contribution in [2.75, 3.05) is 37.6 Å². The number of hydrogen-bond acceptors (Lipinski definition) is 5. The van der Waals surface area contributed by atoms with Crippen molar-refractivity contribution in [3.05, 3.63) is 48.3 Å². The van der Waals surface area contributed by atoms with Crippen molar-refractivity contribution in [1.29, 1.82) is 0 Å². The van der Waals surface area contributed by atoms with Crippen LogP contribution in [0.1, 0.15) is 25.5 Å². The smallest absolute Gasteiger partial charge is 0.141 e. The Hall–Kier alpha value is -1.92. The zero-order valence-corrected chi connectivity index (χ0v) is 15.4. The fraction of sp³-hybridized carbons (Fsp3) is 0.550. The molecule has 140 valence electrons. The van der Waals surface area contributed by atoms with Crippen LogP contribution in [0.15, 0.2) is 41.1 Å². The van der Waals surface area contributed by atoms with Gasteiger partial charge in [-0.2, -0.15) is 0 Å². The summed E-state index contributed by atoms with van der Waals surface area (Å²) in [4.78, 5) is 11.7. The highest BCUT2D eigenvalue weighted by molar-refractivity contribution is 5.40.